The maximum atomic E-state index is 13.7. The number of guanidine groups is 1. The second-order valence-electron chi connectivity index (χ2n) is 3.98. The third kappa shape index (κ3) is 4.92. The van der Waals surface area contributed by atoms with Crippen molar-refractivity contribution < 1.29 is 9.13 Å². The van der Waals surface area contributed by atoms with Gasteiger partial charge >= 0.3 is 0 Å². The minimum Gasteiger partial charge on any atom is -0.374 e. The Morgan fingerprint density at radius 1 is 1.44 bits per heavy atom. The first-order valence-electron chi connectivity index (χ1n) is 5.51. The lowest BCUT2D eigenvalue weighted by atomic mass is 10.1. The molecule has 0 fully saturated rings. The van der Waals surface area contributed by atoms with Crippen LogP contribution < -0.4 is 11.5 Å². The van der Waals surface area contributed by atoms with Gasteiger partial charge in [-0.2, -0.15) is 5.10 Å². The maximum absolute atomic E-state index is 13.7. The van der Waals surface area contributed by atoms with Gasteiger partial charge in [-0.1, -0.05) is 12.1 Å². The van der Waals surface area contributed by atoms with Gasteiger partial charge in [-0.15, -0.1) is 5.10 Å². The molecule has 0 aromatic heterocycles. The summed E-state index contributed by atoms with van der Waals surface area (Å²) in [6.07, 6.45) is 1.43. The molecule has 6 heteroatoms. The summed E-state index contributed by atoms with van der Waals surface area (Å²) >= 11 is 0. The molecule has 0 unspecified atom stereocenters. The van der Waals surface area contributed by atoms with E-state index in [0.29, 0.717) is 11.1 Å². The Morgan fingerprint density at radius 2 is 2.17 bits per heavy atom. The lowest BCUT2D eigenvalue weighted by Crippen LogP contribution is -2.21. The summed E-state index contributed by atoms with van der Waals surface area (Å²) in [6.45, 7) is 4.04. The van der Waals surface area contributed by atoms with E-state index >= 15 is 0 Å². The van der Waals surface area contributed by atoms with Crippen LogP contribution in [0.15, 0.2) is 28.4 Å². The van der Waals surface area contributed by atoms with Crippen molar-refractivity contribution in [1.29, 1.82) is 0 Å². The van der Waals surface area contributed by atoms with Gasteiger partial charge in [0.1, 0.15) is 5.82 Å². The molecule has 0 aliphatic heterocycles. The van der Waals surface area contributed by atoms with Crippen LogP contribution in [-0.4, -0.2) is 18.3 Å². The van der Waals surface area contributed by atoms with Crippen LogP contribution in [-0.2, 0) is 11.3 Å². The fourth-order valence-electron chi connectivity index (χ4n) is 1.18. The summed E-state index contributed by atoms with van der Waals surface area (Å²) in [4.78, 5) is 0. The Hall–Kier alpha value is -1.95. The van der Waals surface area contributed by atoms with E-state index in [4.69, 9.17) is 16.2 Å². The van der Waals surface area contributed by atoms with E-state index in [1.165, 1.54) is 12.3 Å². The van der Waals surface area contributed by atoms with Crippen LogP contribution in [0.2, 0.25) is 0 Å². The zero-order valence-corrected chi connectivity index (χ0v) is 10.4. The van der Waals surface area contributed by atoms with Gasteiger partial charge in [0.25, 0.3) is 0 Å². The number of benzene rings is 1. The van der Waals surface area contributed by atoms with E-state index in [1.807, 2.05) is 13.8 Å². The molecule has 0 aliphatic carbocycles. The maximum Gasteiger partial charge on any atom is 0.211 e. The molecule has 0 saturated carbocycles. The minimum atomic E-state index is -0.343. The average molecular weight is 252 g/mol. The Morgan fingerprint density at radius 3 is 2.72 bits per heavy atom. The molecule has 18 heavy (non-hydrogen) atoms. The van der Waals surface area contributed by atoms with E-state index in [2.05, 4.69) is 10.2 Å². The summed E-state index contributed by atoms with van der Waals surface area (Å²) in [7, 11) is 0. The molecule has 0 saturated heterocycles. The first-order valence-corrected chi connectivity index (χ1v) is 5.51. The lowest BCUT2D eigenvalue weighted by molar-refractivity contribution is 0.0639. The lowest BCUT2D eigenvalue weighted by Gasteiger charge is -2.08. The number of halogens is 1. The van der Waals surface area contributed by atoms with Crippen LogP contribution in [0.1, 0.15) is 25.0 Å². The SMILES string of the molecule is CC(C)OCc1ccc(C=NN=C(N)N)cc1F. The number of hydrogen-bond donors (Lipinski definition) is 2. The standard InChI is InChI=1S/C12H17FN4O/c1-8(2)18-7-10-4-3-9(5-11(10)13)6-16-17-12(14)15/h3-6,8H,7H2,1-2H3,(H4,14,15,17). The highest BCUT2D eigenvalue weighted by Crippen LogP contribution is 2.11. The van der Waals surface area contributed by atoms with Gasteiger partial charge < -0.3 is 16.2 Å². The molecule has 5 nitrogen and oxygen atoms in total. The van der Waals surface area contributed by atoms with Crippen molar-refractivity contribution in [2.45, 2.75) is 26.6 Å². The van der Waals surface area contributed by atoms with Gasteiger partial charge in [-0.25, -0.2) is 4.39 Å². The van der Waals surface area contributed by atoms with Gasteiger partial charge in [-0.05, 0) is 25.5 Å². The molecular weight excluding hydrogens is 235 g/mol. The van der Waals surface area contributed by atoms with Crippen molar-refractivity contribution in [3.8, 4) is 0 Å². The quantitative estimate of drug-likeness (QED) is 0.471. The minimum absolute atomic E-state index is 0.0625. The Labute approximate surface area is 105 Å². The van der Waals surface area contributed by atoms with Crippen LogP contribution in [0, 0.1) is 5.82 Å². The predicted molar refractivity (Wildman–Crippen MR) is 69.7 cm³/mol. The van der Waals surface area contributed by atoms with Crippen LogP contribution in [0.3, 0.4) is 0 Å². The molecule has 0 radical (unpaired) electrons. The third-order valence-electron chi connectivity index (χ3n) is 2.03. The Kier molecular flexibility index (Phi) is 5.26. The zero-order valence-electron chi connectivity index (χ0n) is 10.4. The largest absolute Gasteiger partial charge is 0.374 e. The topological polar surface area (TPSA) is 86.0 Å². The smallest absolute Gasteiger partial charge is 0.211 e. The van der Waals surface area contributed by atoms with Gasteiger partial charge in [-0.3, -0.25) is 0 Å². The molecule has 1 aromatic carbocycles. The van der Waals surface area contributed by atoms with E-state index < -0.39 is 0 Å². The van der Waals surface area contributed by atoms with Gasteiger partial charge in [0.2, 0.25) is 5.96 Å². The normalized spacial score (nSPS) is 11.1. The molecule has 0 heterocycles. The number of ether oxygens (including phenoxy) is 1. The fourth-order valence-corrected chi connectivity index (χ4v) is 1.18. The van der Waals surface area contributed by atoms with Crippen molar-refractivity contribution in [3.63, 3.8) is 0 Å². The monoisotopic (exact) mass is 252 g/mol. The summed E-state index contributed by atoms with van der Waals surface area (Å²) < 4.78 is 19.0. The van der Waals surface area contributed by atoms with Crippen molar-refractivity contribution in [2.75, 3.05) is 0 Å². The second-order valence-corrected chi connectivity index (χ2v) is 3.98. The number of hydrogen-bond acceptors (Lipinski definition) is 3. The summed E-state index contributed by atoms with van der Waals surface area (Å²) in [5.41, 5.74) is 11.3. The van der Waals surface area contributed by atoms with Crippen LogP contribution >= 0.6 is 0 Å². The zero-order chi connectivity index (χ0) is 13.5. The van der Waals surface area contributed by atoms with Crippen molar-refractivity contribution >= 4 is 12.2 Å². The summed E-state index contributed by atoms with van der Waals surface area (Å²) in [5.74, 6) is -0.488. The molecule has 4 N–H and O–H groups in total. The highest BCUT2D eigenvalue weighted by atomic mass is 19.1. The predicted octanol–water partition coefficient (Wildman–Crippen LogP) is 1.36. The fraction of sp³-hybridized carbons (Fsp3) is 0.333. The molecule has 1 rings (SSSR count). The van der Waals surface area contributed by atoms with Crippen molar-refractivity contribution in [2.24, 2.45) is 21.7 Å². The molecule has 0 aliphatic rings. The Balaban J connectivity index is 2.73. The summed E-state index contributed by atoms with van der Waals surface area (Å²) in [5, 5.41) is 7.03. The van der Waals surface area contributed by atoms with Crippen LogP contribution in [0.5, 0.6) is 0 Å². The molecule has 0 spiro atoms. The van der Waals surface area contributed by atoms with Gasteiger partial charge in [0.05, 0.1) is 18.9 Å². The van der Waals surface area contributed by atoms with Crippen molar-refractivity contribution in [3.05, 3.63) is 35.1 Å². The van der Waals surface area contributed by atoms with E-state index in [9.17, 15) is 4.39 Å². The number of nitrogens with zero attached hydrogens (tertiary/aromatic N) is 2. The molecule has 0 atom stereocenters. The number of nitrogens with two attached hydrogens (primary N) is 2. The van der Waals surface area contributed by atoms with Gasteiger partial charge in [0.15, 0.2) is 0 Å². The van der Waals surface area contributed by atoms with Crippen molar-refractivity contribution in [1.82, 2.24) is 0 Å². The van der Waals surface area contributed by atoms with Crippen LogP contribution in [0.25, 0.3) is 0 Å². The van der Waals surface area contributed by atoms with E-state index in [0.717, 1.165) is 0 Å². The summed E-state index contributed by atoms with van der Waals surface area (Å²) in [6, 6.07) is 4.72. The average Bonchev–Trinajstić information content (AvgIpc) is 2.27. The second kappa shape index (κ2) is 6.70. The highest BCUT2D eigenvalue weighted by Gasteiger charge is 2.04. The molecule has 0 bridgehead atoms. The van der Waals surface area contributed by atoms with Gasteiger partial charge in [0, 0.05) is 5.56 Å². The molecule has 0 amide bonds. The molecule has 98 valence electrons. The third-order valence-corrected chi connectivity index (χ3v) is 2.03. The number of rotatable bonds is 5. The Bertz CT molecular complexity index is 453. The molecule has 1 aromatic rings. The first kappa shape index (κ1) is 14.1. The molecular formula is C12H17FN4O. The highest BCUT2D eigenvalue weighted by molar-refractivity contribution is 5.81. The van der Waals surface area contributed by atoms with E-state index in [-0.39, 0.29) is 24.5 Å². The van der Waals surface area contributed by atoms with Crippen LogP contribution in [0.4, 0.5) is 4.39 Å². The first-order chi connectivity index (χ1) is 8.49. The van der Waals surface area contributed by atoms with E-state index in [1.54, 1.807) is 12.1 Å².